The van der Waals surface area contributed by atoms with Crippen LogP contribution < -0.4 is 5.73 Å². The summed E-state index contributed by atoms with van der Waals surface area (Å²) in [5, 5.41) is 0. The van der Waals surface area contributed by atoms with Gasteiger partial charge in [0, 0.05) is 12.1 Å². The lowest BCUT2D eigenvalue weighted by molar-refractivity contribution is -0.366. The summed E-state index contributed by atoms with van der Waals surface area (Å²) >= 11 is 0. The van der Waals surface area contributed by atoms with Crippen LogP contribution >= 0.6 is 0 Å². The lowest BCUT2D eigenvalue weighted by Crippen LogP contribution is -2.50. The van der Waals surface area contributed by atoms with E-state index in [1.165, 1.54) is 0 Å². The van der Waals surface area contributed by atoms with Gasteiger partial charge in [0.15, 0.2) is 0 Å². The van der Waals surface area contributed by atoms with Crippen LogP contribution in [0.5, 0.6) is 0 Å². The number of rotatable bonds is 3. The average molecular weight is 99.2 g/mol. The van der Waals surface area contributed by atoms with E-state index in [4.69, 9.17) is 0 Å². The minimum absolute atomic E-state index is 0.829. The van der Waals surface area contributed by atoms with E-state index >= 15 is 0 Å². The number of aliphatic imine (C=N–C) groups is 1. The molecule has 0 radical (unpaired) electrons. The zero-order valence-electron chi connectivity index (χ0n) is 4.48. The Morgan fingerprint density at radius 2 is 2.29 bits per heavy atom. The molecule has 0 unspecified atom stereocenters. The largest absolute Gasteiger partial charge is 0.357 e. The van der Waals surface area contributed by atoms with Gasteiger partial charge in [0.1, 0.15) is 0 Å². The molecule has 7 heavy (non-hydrogen) atoms. The first-order valence-electron chi connectivity index (χ1n) is 2.25. The van der Waals surface area contributed by atoms with Crippen LogP contribution in [0.25, 0.3) is 0 Å². The predicted molar refractivity (Wildman–Crippen MR) is 31.1 cm³/mol. The number of quaternary nitrogens is 1. The Kier molecular flexibility index (Phi) is 3.24. The molecule has 3 N–H and O–H groups in total. The van der Waals surface area contributed by atoms with Gasteiger partial charge in [0.05, 0.1) is 6.54 Å². The van der Waals surface area contributed by atoms with E-state index in [1.807, 2.05) is 0 Å². The van der Waals surface area contributed by atoms with Crippen molar-refractivity contribution >= 4 is 6.72 Å². The van der Waals surface area contributed by atoms with Crippen molar-refractivity contribution in [2.75, 3.05) is 6.54 Å². The maximum absolute atomic E-state index is 3.62. The minimum Gasteiger partial charge on any atom is -0.357 e. The molecule has 40 valence electrons. The van der Waals surface area contributed by atoms with Gasteiger partial charge in [-0.15, -0.1) is 0 Å². The molecule has 0 rings (SSSR count). The lowest BCUT2D eigenvalue weighted by atomic mass is 10.4. The SMILES string of the molecule is C=NC(=C)CC[NH3+]. The van der Waals surface area contributed by atoms with Gasteiger partial charge >= 0.3 is 0 Å². The molecule has 0 saturated heterocycles. The summed E-state index contributed by atoms with van der Waals surface area (Å²) in [5.41, 5.74) is 4.45. The summed E-state index contributed by atoms with van der Waals surface area (Å²) in [6, 6.07) is 0. The van der Waals surface area contributed by atoms with Crippen molar-refractivity contribution in [3.05, 3.63) is 12.3 Å². The van der Waals surface area contributed by atoms with E-state index in [0.29, 0.717) is 0 Å². The summed E-state index contributed by atoms with van der Waals surface area (Å²) in [6.07, 6.45) is 0.865. The van der Waals surface area contributed by atoms with Crippen molar-refractivity contribution in [2.45, 2.75) is 6.42 Å². The van der Waals surface area contributed by atoms with E-state index in [2.05, 4.69) is 24.0 Å². The van der Waals surface area contributed by atoms with Gasteiger partial charge in [-0.2, -0.15) is 0 Å². The molecular formula is C5H11N2+. The normalized spacial score (nSPS) is 8.14. The second kappa shape index (κ2) is 3.56. The average Bonchev–Trinajstić information content (AvgIpc) is 1.68. The van der Waals surface area contributed by atoms with Crippen LogP contribution in [-0.4, -0.2) is 13.3 Å². The third-order valence-electron chi connectivity index (χ3n) is 0.689. The van der Waals surface area contributed by atoms with Gasteiger partial charge in [-0.3, -0.25) is 4.99 Å². The lowest BCUT2D eigenvalue weighted by Gasteiger charge is -1.87. The summed E-state index contributed by atoms with van der Waals surface area (Å²) in [4.78, 5) is 3.59. The van der Waals surface area contributed by atoms with Crippen LogP contribution in [0.15, 0.2) is 17.3 Å². The highest BCUT2D eigenvalue weighted by Gasteiger charge is 1.83. The van der Waals surface area contributed by atoms with Crippen molar-refractivity contribution in [3.63, 3.8) is 0 Å². The molecule has 0 aliphatic carbocycles. The summed E-state index contributed by atoms with van der Waals surface area (Å²) < 4.78 is 0. The molecule has 0 spiro atoms. The molecule has 0 aliphatic rings. The molecule has 0 atom stereocenters. The van der Waals surface area contributed by atoms with Crippen LogP contribution in [0.1, 0.15) is 6.42 Å². The van der Waals surface area contributed by atoms with Crippen LogP contribution in [0.4, 0.5) is 0 Å². The second-order valence-electron chi connectivity index (χ2n) is 1.33. The van der Waals surface area contributed by atoms with E-state index in [9.17, 15) is 0 Å². The highest BCUT2D eigenvalue weighted by molar-refractivity contribution is 5.27. The van der Waals surface area contributed by atoms with Crippen LogP contribution in [0, 0.1) is 0 Å². The number of nitrogens with zero attached hydrogens (tertiary/aromatic N) is 1. The molecule has 0 fully saturated rings. The van der Waals surface area contributed by atoms with E-state index in [1.54, 1.807) is 0 Å². The Morgan fingerprint density at radius 3 is 2.43 bits per heavy atom. The minimum atomic E-state index is 0.829. The second-order valence-corrected chi connectivity index (χ2v) is 1.33. The van der Waals surface area contributed by atoms with Crippen LogP contribution in [-0.2, 0) is 0 Å². The molecule has 0 aromatic heterocycles. The molecular weight excluding hydrogens is 88.1 g/mol. The fourth-order valence-electron chi connectivity index (χ4n) is 0.283. The topological polar surface area (TPSA) is 40.0 Å². The first kappa shape index (κ1) is 6.37. The predicted octanol–water partition coefficient (Wildman–Crippen LogP) is -0.167. The van der Waals surface area contributed by atoms with Crippen molar-refractivity contribution in [2.24, 2.45) is 4.99 Å². The van der Waals surface area contributed by atoms with Crippen molar-refractivity contribution in [1.82, 2.24) is 0 Å². The Hall–Kier alpha value is -0.630. The Bertz CT molecular complexity index is 76.1. The first-order valence-corrected chi connectivity index (χ1v) is 2.25. The van der Waals surface area contributed by atoms with Gasteiger partial charge in [-0.05, 0) is 6.72 Å². The quantitative estimate of drug-likeness (QED) is 0.477. The van der Waals surface area contributed by atoms with Crippen LogP contribution in [0.3, 0.4) is 0 Å². The molecule has 0 saturated carbocycles. The first-order chi connectivity index (χ1) is 3.31. The van der Waals surface area contributed by atoms with Crippen molar-refractivity contribution in [3.8, 4) is 0 Å². The molecule has 0 aromatic carbocycles. The summed E-state index contributed by atoms with van der Waals surface area (Å²) in [5.74, 6) is 0. The molecule has 0 bridgehead atoms. The monoisotopic (exact) mass is 99.1 g/mol. The van der Waals surface area contributed by atoms with Crippen molar-refractivity contribution < 1.29 is 5.73 Å². The zero-order chi connectivity index (χ0) is 5.70. The Labute approximate surface area is 43.7 Å². The maximum atomic E-state index is 3.62. The van der Waals surface area contributed by atoms with E-state index in [-0.39, 0.29) is 0 Å². The van der Waals surface area contributed by atoms with Crippen LogP contribution in [0.2, 0.25) is 0 Å². The van der Waals surface area contributed by atoms with Gasteiger partial charge in [-0.1, -0.05) is 6.58 Å². The third kappa shape index (κ3) is 3.19. The van der Waals surface area contributed by atoms with E-state index < -0.39 is 0 Å². The molecule has 0 aliphatic heterocycles. The Morgan fingerprint density at radius 1 is 1.71 bits per heavy atom. The van der Waals surface area contributed by atoms with Gasteiger partial charge < -0.3 is 5.73 Å². The molecule has 0 amide bonds. The molecule has 0 aromatic rings. The fourth-order valence-corrected chi connectivity index (χ4v) is 0.283. The maximum Gasteiger partial charge on any atom is 0.0795 e. The summed E-state index contributed by atoms with van der Waals surface area (Å²) in [7, 11) is 0. The van der Waals surface area contributed by atoms with Gasteiger partial charge in [0.25, 0.3) is 0 Å². The molecule has 2 nitrogen and oxygen atoms in total. The van der Waals surface area contributed by atoms with Gasteiger partial charge in [-0.25, -0.2) is 0 Å². The Balaban J connectivity index is 3.17. The number of hydrogen-bond acceptors (Lipinski definition) is 1. The molecule has 0 heterocycles. The highest BCUT2D eigenvalue weighted by Crippen LogP contribution is 1.92. The number of hydrogen-bond donors (Lipinski definition) is 1. The zero-order valence-corrected chi connectivity index (χ0v) is 4.48. The smallest absolute Gasteiger partial charge is 0.0795 e. The van der Waals surface area contributed by atoms with E-state index in [0.717, 1.165) is 18.7 Å². The fraction of sp³-hybridized carbons (Fsp3) is 0.400. The highest BCUT2D eigenvalue weighted by atomic mass is 14.7. The third-order valence-corrected chi connectivity index (χ3v) is 0.689. The van der Waals surface area contributed by atoms with Crippen molar-refractivity contribution in [1.29, 1.82) is 0 Å². The standard InChI is InChI=1S/C5H10N2/c1-5(7-2)3-4-6/h1-4,6H2/p+1. The summed E-state index contributed by atoms with van der Waals surface area (Å²) in [6.45, 7) is 7.75. The molecule has 2 heteroatoms. The van der Waals surface area contributed by atoms with Gasteiger partial charge in [0.2, 0.25) is 0 Å².